The third-order valence-electron chi connectivity index (χ3n) is 3.85. The molecule has 6 nitrogen and oxygen atoms in total. The highest BCUT2D eigenvalue weighted by molar-refractivity contribution is 5.96. The number of hydrogen-bond acceptors (Lipinski definition) is 5. The van der Waals surface area contributed by atoms with Gasteiger partial charge in [-0.25, -0.2) is 4.98 Å². The van der Waals surface area contributed by atoms with E-state index in [0.29, 0.717) is 12.0 Å². The Kier molecular flexibility index (Phi) is 6.51. The lowest BCUT2D eigenvalue weighted by Gasteiger charge is -2.11. The molecular weight excluding hydrogens is 320 g/mol. The summed E-state index contributed by atoms with van der Waals surface area (Å²) < 4.78 is 4.74. The molecule has 0 saturated carbocycles. The first-order valence-electron chi connectivity index (χ1n) is 8.18. The largest absolute Gasteiger partial charge is 0.505 e. The topological polar surface area (TPSA) is 88.5 Å². The van der Waals surface area contributed by atoms with Gasteiger partial charge >= 0.3 is 5.97 Å². The normalized spacial score (nSPS) is 10.3. The zero-order valence-electron chi connectivity index (χ0n) is 14.4. The van der Waals surface area contributed by atoms with Crippen molar-refractivity contribution in [3.8, 4) is 5.75 Å². The van der Waals surface area contributed by atoms with E-state index in [1.807, 2.05) is 30.3 Å². The van der Waals surface area contributed by atoms with E-state index in [1.165, 1.54) is 5.56 Å². The van der Waals surface area contributed by atoms with Gasteiger partial charge in [0.05, 0.1) is 6.61 Å². The van der Waals surface area contributed by atoms with Gasteiger partial charge in [0.25, 0.3) is 5.91 Å². The van der Waals surface area contributed by atoms with Crippen molar-refractivity contribution < 1.29 is 19.4 Å². The van der Waals surface area contributed by atoms with E-state index in [-0.39, 0.29) is 24.6 Å². The Balaban J connectivity index is 2.03. The summed E-state index contributed by atoms with van der Waals surface area (Å²) in [5.41, 5.74) is 2.60. The molecule has 0 saturated heterocycles. The van der Waals surface area contributed by atoms with Gasteiger partial charge in [-0.05, 0) is 43.4 Å². The van der Waals surface area contributed by atoms with Gasteiger partial charge in [-0.15, -0.1) is 0 Å². The van der Waals surface area contributed by atoms with Crippen molar-refractivity contribution >= 4 is 11.9 Å². The van der Waals surface area contributed by atoms with Gasteiger partial charge in [-0.2, -0.15) is 0 Å². The van der Waals surface area contributed by atoms with Crippen molar-refractivity contribution in [2.24, 2.45) is 0 Å². The Labute approximate surface area is 146 Å². The molecule has 0 bridgehead atoms. The van der Waals surface area contributed by atoms with Crippen LogP contribution in [0, 0.1) is 6.92 Å². The second-order valence-corrected chi connectivity index (χ2v) is 5.58. The summed E-state index contributed by atoms with van der Waals surface area (Å²) in [5.74, 6) is -1.30. The summed E-state index contributed by atoms with van der Waals surface area (Å²) in [5, 5.41) is 12.7. The summed E-state index contributed by atoms with van der Waals surface area (Å²) in [6.07, 6.45) is 3.12. The highest BCUT2D eigenvalue weighted by Crippen LogP contribution is 2.24. The van der Waals surface area contributed by atoms with Crippen LogP contribution in [-0.4, -0.2) is 35.1 Å². The minimum Gasteiger partial charge on any atom is -0.505 e. The number of rotatable bonds is 7. The van der Waals surface area contributed by atoms with Crippen LogP contribution in [0.2, 0.25) is 0 Å². The third-order valence-corrected chi connectivity index (χ3v) is 3.85. The maximum absolute atomic E-state index is 12.1. The number of nitrogens with zero attached hydrogens (tertiary/aromatic N) is 1. The lowest BCUT2D eigenvalue weighted by Crippen LogP contribution is -2.31. The van der Waals surface area contributed by atoms with Crippen molar-refractivity contribution in [2.75, 3.05) is 13.2 Å². The Morgan fingerprint density at radius 3 is 2.60 bits per heavy atom. The molecule has 0 aliphatic carbocycles. The average Bonchev–Trinajstić information content (AvgIpc) is 2.62. The molecule has 0 radical (unpaired) electrons. The van der Waals surface area contributed by atoms with Crippen LogP contribution in [0.25, 0.3) is 0 Å². The molecule has 0 unspecified atom stereocenters. The van der Waals surface area contributed by atoms with Crippen LogP contribution in [-0.2, 0) is 22.4 Å². The van der Waals surface area contributed by atoms with Crippen LogP contribution in [0.1, 0.15) is 34.1 Å². The van der Waals surface area contributed by atoms with Crippen LogP contribution in [0.15, 0.2) is 36.5 Å². The smallest absolute Gasteiger partial charge is 0.325 e. The molecule has 0 atom stereocenters. The number of amides is 1. The molecule has 0 spiro atoms. The molecule has 1 amide bonds. The van der Waals surface area contributed by atoms with Crippen LogP contribution in [0.5, 0.6) is 5.75 Å². The number of aromatic nitrogens is 1. The molecule has 2 aromatic rings. The molecule has 6 heteroatoms. The van der Waals surface area contributed by atoms with Gasteiger partial charge in [-0.3, -0.25) is 9.59 Å². The van der Waals surface area contributed by atoms with Crippen LogP contribution in [0.3, 0.4) is 0 Å². The number of nitrogens with one attached hydrogen (secondary N) is 1. The first-order chi connectivity index (χ1) is 12.0. The van der Waals surface area contributed by atoms with Crippen LogP contribution >= 0.6 is 0 Å². The molecule has 2 rings (SSSR count). The fraction of sp³-hybridized carbons (Fsp3) is 0.316. The van der Waals surface area contributed by atoms with E-state index in [4.69, 9.17) is 4.74 Å². The predicted molar refractivity (Wildman–Crippen MR) is 93.5 cm³/mol. The third kappa shape index (κ3) is 5.04. The van der Waals surface area contributed by atoms with Gasteiger partial charge in [0, 0.05) is 6.20 Å². The number of carbonyl (C=O) groups is 2. The number of pyridine rings is 1. The van der Waals surface area contributed by atoms with E-state index in [1.54, 1.807) is 20.0 Å². The number of aryl methyl sites for hydroxylation is 2. The standard InChI is InChI=1S/C19H22N2O4/c1-3-25-16(22)12-21-19(24)17-18(23)13(2)15(11-20-17)10-9-14-7-5-4-6-8-14/h4-8,11,23H,3,9-10,12H2,1-2H3,(H,21,24). The predicted octanol–water partition coefficient (Wildman–Crippen LogP) is 2.17. The van der Waals surface area contributed by atoms with Gasteiger partial charge < -0.3 is 15.2 Å². The fourth-order valence-electron chi connectivity index (χ4n) is 2.42. The summed E-state index contributed by atoms with van der Waals surface area (Å²) in [6.45, 7) is 3.42. The van der Waals surface area contributed by atoms with Crippen molar-refractivity contribution in [3.05, 3.63) is 58.9 Å². The first kappa shape index (κ1) is 18.4. The number of benzene rings is 1. The second kappa shape index (κ2) is 8.82. The minimum absolute atomic E-state index is 0.0924. The fourth-order valence-corrected chi connectivity index (χ4v) is 2.42. The molecule has 1 heterocycles. The molecule has 1 aromatic heterocycles. The lowest BCUT2D eigenvalue weighted by molar-refractivity contribution is -0.141. The van der Waals surface area contributed by atoms with Crippen molar-refractivity contribution in [1.82, 2.24) is 10.3 Å². The Morgan fingerprint density at radius 2 is 1.92 bits per heavy atom. The van der Waals surface area contributed by atoms with E-state index >= 15 is 0 Å². The SMILES string of the molecule is CCOC(=O)CNC(=O)c1ncc(CCc2ccccc2)c(C)c1O. The number of hydrogen-bond donors (Lipinski definition) is 2. The van der Waals surface area contributed by atoms with Gasteiger partial charge in [0.2, 0.25) is 0 Å². The molecule has 132 valence electrons. The molecule has 0 fully saturated rings. The number of carbonyl (C=O) groups excluding carboxylic acids is 2. The molecular formula is C19H22N2O4. The number of ether oxygens (including phenoxy) is 1. The Morgan fingerprint density at radius 1 is 1.20 bits per heavy atom. The summed E-state index contributed by atoms with van der Waals surface area (Å²) in [4.78, 5) is 27.4. The first-order valence-corrected chi connectivity index (χ1v) is 8.18. The summed E-state index contributed by atoms with van der Waals surface area (Å²) >= 11 is 0. The summed E-state index contributed by atoms with van der Waals surface area (Å²) in [7, 11) is 0. The molecule has 2 N–H and O–H groups in total. The van der Waals surface area contributed by atoms with E-state index < -0.39 is 11.9 Å². The quantitative estimate of drug-likeness (QED) is 0.753. The maximum Gasteiger partial charge on any atom is 0.325 e. The van der Waals surface area contributed by atoms with E-state index in [9.17, 15) is 14.7 Å². The van der Waals surface area contributed by atoms with Crippen molar-refractivity contribution in [2.45, 2.75) is 26.7 Å². The second-order valence-electron chi connectivity index (χ2n) is 5.58. The monoisotopic (exact) mass is 342 g/mol. The van der Waals surface area contributed by atoms with Crippen molar-refractivity contribution in [1.29, 1.82) is 0 Å². The van der Waals surface area contributed by atoms with Crippen molar-refractivity contribution in [3.63, 3.8) is 0 Å². The zero-order chi connectivity index (χ0) is 18.2. The number of aromatic hydroxyl groups is 1. The summed E-state index contributed by atoms with van der Waals surface area (Å²) in [6, 6.07) is 10.0. The Hall–Kier alpha value is -2.89. The maximum atomic E-state index is 12.1. The molecule has 1 aromatic carbocycles. The van der Waals surface area contributed by atoms with E-state index in [2.05, 4.69) is 10.3 Å². The number of esters is 1. The lowest BCUT2D eigenvalue weighted by atomic mass is 10.0. The zero-order valence-corrected chi connectivity index (χ0v) is 14.4. The molecule has 0 aliphatic rings. The van der Waals surface area contributed by atoms with E-state index in [0.717, 1.165) is 12.0 Å². The average molecular weight is 342 g/mol. The molecule has 0 aliphatic heterocycles. The molecule has 25 heavy (non-hydrogen) atoms. The van der Waals surface area contributed by atoms with Gasteiger partial charge in [0.15, 0.2) is 5.69 Å². The van der Waals surface area contributed by atoms with Crippen LogP contribution in [0.4, 0.5) is 0 Å². The van der Waals surface area contributed by atoms with Crippen LogP contribution < -0.4 is 5.32 Å². The highest BCUT2D eigenvalue weighted by atomic mass is 16.5. The Bertz CT molecular complexity index is 745. The van der Waals surface area contributed by atoms with Gasteiger partial charge in [-0.1, -0.05) is 30.3 Å². The van der Waals surface area contributed by atoms with Gasteiger partial charge in [0.1, 0.15) is 12.3 Å². The highest BCUT2D eigenvalue weighted by Gasteiger charge is 2.18. The minimum atomic E-state index is -0.608.